The molecule has 0 aliphatic heterocycles. The molecule has 6 nitrogen and oxygen atoms in total. The highest BCUT2D eigenvalue weighted by Gasteiger charge is 2.43. The van der Waals surface area contributed by atoms with Gasteiger partial charge in [0.25, 0.3) is 5.82 Å². The number of nitrogens with one attached hydrogen (secondary N) is 3. The van der Waals surface area contributed by atoms with E-state index in [2.05, 4.69) is 25.8 Å². The van der Waals surface area contributed by atoms with E-state index in [9.17, 15) is 18.0 Å². The molecule has 1 unspecified atom stereocenters. The summed E-state index contributed by atoms with van der Waals surface area (Å²) < 4.78 is 37.3. The maximum Gasteiger partial charge on any atom is 0.453 e. The van der Waals surface area contributed by atoms with Crippen molar-refractivity contribution in [2.24, 2.45) is 5.41 Å². The lowest BCUT2D eigenvalue weighted by Crippen LogP contribution is -2.48. The molecular weight excluding hydrogens is 323 g/mol. The number of hydrogen-bond donors (Lipinski definition) is 3. The zero-order valence-corrected chi connectivity index (χ0v) is 13.4. The van der Waals surface area contributed by atoms with Gasteiger partial charge in [0, 0.05) is 6.04 Å². The van der Waals surface area contributed by atoms with Crippen LogP contribution in [0.25, 0.3) is 0 Å². The van der Waals surface area contributed by atoms with E-state index in [1.807, 2.05) is 0 Å². The summed E-state index contributed by atoms with van der Waals surface area (Å²) in [6.07, 6.45) is 4.60. The Morgan fingerprint density at radius 2 is 1.92 bits per heavy atom. The first kappa shape index (κ1) is 17.0. The number of carbonyl (C=O) groups is 1. The van der Waals surface area contributed by atoms with Gasteiger partial charge in [0.15, 0.2) is 0 Å². The summed E-state index contributed by atoms with van der Waals surface area (Å²) in [5.41, 5.74) is 0.214. The lowest BCUT2D eigenvalue weighted by Gasteiger charge is -2.39. The van der Waals surface area contributed by atoms with Gasteiger partial charge in [0.1, 0.15) is 5.82 Å². The van der Waals surface area contributed by atoms with Crippen LogP contribution in [-0.2, 0) is 12.7 Å². The number of nitrogens with zero attached hydrogens (tertiary/aromatic N) is 2. The second-order valence-electron chi connectivity index (χ2n) is 6.80. The molecule has 2 aliphatic carbocycles. The summed E-state index contributed by atoms with van der Waals surface area (Å²) in [7, 11) is 0. The van der Waals surface area contributed by atoms with Crippen molar-refractivity contribution in [1.29, 1.82) is 0 Å². The molecule has 2 saturated carbocycles. The van der Waals surface area contributed by atoms with Gasteiger partial charge in [-0.3, -0.25) is 5.10 Å². The zero-order chi connectivity index (χ0) is 17.2. The number of hydrogen-bond acceptors (Lipinski definition) is 3. The van der Waals surface area contributed by atoms with Crippen molar-refractivity contribution >= 4 is 6.03 Å². The van der Waals surface area contributed by atoms with Crippen molar-refractivity contribution in [2.45, 2.75) is 70.1 Å². The first-order valence-corrected chi connectivity index (χ1v) is 8.42. The predicted octanol–water partition coefficient (Wildman–Crippen LogP) is 3.13. The van der Waals surface area contributed by atoms with Crippen LogP contribution in [0, 0.1) is 5.41 Å². The van der Waals surface area contributed by atoms with Crippen LogP contribution in [0.5, 0.6) is 0 Å². The minimum absolute atomic E-state index is 0.0173. The Morgan fingerprint density at radius 1 is 1.21 bits per heavy atom. The molecule has 2 amide bonds. The Kier molecular flexibility index (Phi) is 4.69. The van der Waals surface area contributed by atoms with E-state index < -0.39 is 12.0 Å². The average Bonchev–Trinajstić information content (AvgIpc) is 3.14. The third kappa shape index (κ3) is 3.64. The van der Waals surface area contributed by atoms with Crippen LogP contribution >= 0.6 is 0 Å². The number of aromatic nitrogens is 3. The van der Waals surface area contributed by atoms with Gasteiger partial charge in [0.05, 0.1) is 6.54 Å². The highest BCUT2D eigenvalue weighted by molar-refractivity contribution is 5.74. The standard InChI is InChI=1S/C15H22F3N5O/c16-15(17,18)12-21-11(22-23-12)9-19-13(24)20-10-5-4-8-14(10)6-2-1-3-7-14/h10H,1-9H2,(H2,19,20,24)(H,21,22,23). The third-order valence-electron chi connectivity index (χ3n) is 5.26. The number of carbonyl (C=O) groups excluding carboxylic acids is 1. The monoisotopic (exact) mass is 345 g/mol. The molecule has 0 saturated heterocycles. The molecule has 3 rings (SSSR count). The van der Waals surface area contributed by atoms with E-state index in [0.29, 0.717) is 0 Å². The van der Waals surface area contributed by atoms with Crippen molar-refractivity contribution in [3.05, 3.63) is 11.6 Å². The fourth-order valence-electron chi connectivity index (χ4n) is 4.09. The number of alkyl halides is 3. The molecular formula is C15H22F3N5O. The second-order valence-corrected chi connectivity index (χ2v) is 6.80. The molecule has 1 heterocycles. The van der Waals surface area contributed by atoms with Gasteiger partial charge < -0.3 is 10.6 Å². The molecule has 9 heteroatoms. The summed E-state index contributed by atoms with van der Waals surface area (Å²) in [6.45, 7) is -0.116. The Bertz CT molecular complexity index is 580. The molecule has 2 fully saturated rings. The summed E-state index contributed by atoms with van der Waals surface area (Å²) in [5.74, 6) is -1.24. The highest BCUT2D eigenvalue weighted by Crippen LogP contribution is 2.49. The fraction of sp³-hybridized carbons (Fsp3) is 0.800. The molecule has 0 aromatic carbocycles. The topological polar surface area (TPSA) is 82.7 Å². The summed E-state index contributed by atoms with van der Waals surface area (Å²) in [5, 5.41) is 10.9. The van der Waals surface area contributed by atoms with E-state index in [1.54, 1.807) is 0 Å². The van der Waals surface area contributed by atoms with Gasteiger partial charge in [-0.15, -0.1) is 5.10 Å². The number of urea groups is 1. The summed E-state index contributed by atoms with van der Waals surface area (Å²) in [6, 6.07) is -0.213. The molecule has 24 heavy (non-hydrogen) atoms. The lowest BCUT2D eigenvalue weighted by molar-refractivity contribution is -0.144. The average molecular weight is 345 g/mol. The van der Waals surface area contributed by atoms with Crippen LogP contribution in [-0.4, -0.2) is 27.3 Å². The maximum atomic E-state index is 12.4. The summed E-state index contributed by atoms with van der Waals surface area (Å²) in [4.78, 5) is 15.4. The van der Waals surface area contributed by atoms with Gasteiger partial charge >= 0.3 is 12.2 Å². The van der Waals surface area contributed by atoms with Gasteiger partial charge in [-0.1, -0.05) is 25.7 Å². The van der Waals surface area contributed by atoms with Crippen LogP contribution in [0.4, 0.5) is 18.0 Å². The van der Waals surface area contributed by atoms with E-state index in [1.165, 1.54) is 19.3 Å². The molecule has 2 aliphatic rings. The van der Waals surface area contributed by atoms with Crippen LogP contribution in [0.2, 0.25) is 0 Å². The maximum absolute atomic E-state index is 12.4. The first-order valence-electron chi connectivity index (χ1n) is 8.42. The number of H-pyrrole nitrogens is 1. The minimum atomic E-state index is -4.59. The van der Waals surface area contributed by atoms with Crippen molar-refractivity contribution in [3.8, 4) is 0 Å². The smallest absolute Gasteiger partial charge is 0.335 e. The van der Waals surface area contributed by atoms with E-state index in [0.717, 1.165) is 32.1 Å². The van der Waals surface area contributed by atoms with Crippen LogP contribution in [0.3, 0.4) is 0 Å². The van der Waals surface area contributed by atoms with Crippen molar-refractivity contribution in [1.82, 2.24) is 25.8 Å². The normalized spacial score (nSPS) is 23.4. The minimum Gasteiger partial charge on any atom is -0.335 e. The zero-order valence-electron chi connectivity index (χ0n) is 13.4. The van der Waals surface area contributed by atoms with E-state index >= 15 is 0 Å². The van der Waals surface area contributed by atoms with E-state index in [4.69, 9.17) is 0 Å². The Hall–Kier alpha value is -1.80. The molecule has 0 bridgehead atoms. The van der Waals surface area contributed by atoms with Crippen LogP contribution in [0.1, 0.15) is 63.0 Å². The molecule has 1 aromatic rings. The molecule has 3 N–H and O–H groups in total. The molecule has 1 aromatic heterocycles. The largest absolute Gasteiger partial charge is 0.453 e. The van der Waals surface area contributed by atoms with E-state index in [-0.39, 0.29) is 29.9 Å². The van der Waals surface area contributed by atoms with Gasteiger partial charge in [0.2, 0.25) is 0 Å². The predicted molar refractivity (Wildman–Crippen MR) is 79.9 cm³/mol. The molecule has 1 atom stereocenters. The first-order chi connectivity index (χ1) is 11.4. The quantitative estimate of drug-likeness (QED) is 0.787. The SMILES string of the molecule is O=C(NCc1nc(C(F)(F)F)n[nH]1)NC1CCCC12CCCCC2. The number of aromatic amines is 1. The second kappa shape index (κ2) is 6.60. The number of rotatable bonds is 3. The van der Waals surface area contributed by atoms with Crippen molar-refractivity contribution in [2.75, 3.05) is 0 Å². The third-order valence-corrected chi connectivity index (χ3v) is 5.26. The fourth-order valence-corrected chi connectivity index (χ4v) is 4.09. The summed E-state index contributed by atoms with van der Waals surface area (Å²) >= 11 is 0. The Balaban J connectivity index is 1.51. The number of amides is 2. The molecule has 134 valence electrons. The lowest BCUT2D eigenvalue weighted by atomic mass is 9.70. The van der Waals surface area contributed by atoms with Gasteiger partial charge in [-0.25, -0.2) is 9.78 Å². The number of halogens is 3. The Morgan fingerprint density at radius 3 is 2.58 bits per heavy atom. The van der Waals surface area contributed by atoms with Crippen molar-refractivity contribution in [3.63, 3.8) is 0 Å². The van der Waals surface area contributed by atoms with Crippen LogP contribution in [0.15, 0.2) is 0 Å². The Labute approximate surface area is 138 Å². The van der Waals surface area contributed by atoms with Gasteiger partial charge in [-0.05, 0) is 31.1 Å². The molecule has 1 spiro atoms. The van der Waals surface area contributed by atoms with Crippen molar-refractivity contribution < 1.29 is 18.0 Å². The molecule has 0 radical (unpaired) electrons. The van der Waals surface area contributed by atoms with Crippen LogP contribution < -0.4 is 10.6 Å². The highest BCUT2D eigenvalue weighted by atomic mass is 19.4. The van der Waals surface area contributed by atoms with Gasteiger partial charge in [-0.2, -0.15) is 13.2 Å².